The van der Waals surface area contributed by atoms with Crippen molar-refractivity contribution in [2.75, 3.05) is 20.8 Å². The Morgan fingerprint density at radius 3 is 2.14 bits per heavy atom. The van der Waals surface area contributed by atoms with E-state index in [1.54, 1.807) is 18.2 Å². The molecule has 2 amide bonds. The molecule has 2 N–H and O–H groups in total. The molecule has 0 aliphatic rings. The number of methoxy groups -OCH3 is 2. The molecular weight excluding hydrogens is 368 g/mol. The third kappa shape index (κ3) is 5.98. The predicted molar refractivity (Wildman–Crippen MR) is 114 cm³/mol. The maximum atomic E-state index is 12.3. The second kappa shape index (κ2) is 9.45. The quantitative estimate of drug-likeness (QED) is 0.747. The van der Waals surface area contributed by atoms with Gasteiger partial charge in [-0.2, -0.15) is 0 Å². The Hall–Kier alpha value is -3.02. The zero-order valence-electron chi connectivity index (χ0n) is 18.0. The van der Waals surface area contributed by atoms with Crippen molar-refractivity contribution in [3.63, 3.8) is 0 Å². The highest BCUT2D eigenvalue weighted by molar-refractivity contribution is 5.97. The predicted octanol–water partition coefficient (Wildman–Crippen LogP) is 3.61. The summed E-state index contributed by atoms with van der Waals surface area (Å²) in [7, 11) is 3.03. The fourth-order valence-electron chi connectivity index (χ4n) is 2.89. The van der Waals surface area contributed by atoms with Gasteiger partial charge in [0.1, 0.15) is 0 Å². The lowest BCUT2D eigenvalue weighted by atomic mass is 9.86. The van der Waals surface area contributed by atoms with Gasteiger partial charge < -0.3 is 20.1 Å². The van der Waals surface area contributed by atoms with Gasteiger partial charge in [0.2, 0.25) is 5.91 Å². The molecule has 1 unspecified atom stereocenters. The van der Waals surface area contributed by atoms with Gasteiger partial charge in [0.15, 0.2) is 11.5 Å². The number of carbonyl (C=O) groups is 2. The van der Waals surface area contributed by atoms with Gasteiger partial charge in [-0.25, -0.2) is 0 Å². The lowest BCUT2D eigenvalue weighted by Crippen LogP contribution is -2.38. The van der Waals surface area contributed by atoms with Crippen LogP contribution in [-0.4, -0.2) is 32.6 Å². The summed E-state index contributed by atoms with van der Waals surface area (Å²) in [6, 6.07) is 12.9. The van der Waals surface area contributed by atoms with Crippen LogP contribution in [0.15, 0.2) is 42.5 Å². The van der Waals surface area contributed by atoms with Crippen molar-refractivity contribution >= 4 is 11.8 Å². The summed E-state index contributed by atoms with van der Waals surface area (Å²) < 4.78 is 10.4. The molecule has 0 spiro atoms. The minimum Gasteiger partial charge on any atom is -0.493 e. The Bertz CT molecular complexity index is 854. The summed E-state index contributed by atoms with van der Waals surface area (Å²) in [6.07, 6.45) is 0. The first-order valence-corrected chi connectivity index (χ1v) is 9.55. The molecule has 156 valence electrons. The molecule has 0 fully saturated rings. The van der Waals surface area contributed by atoms with Crippen molar-refractivity contribution in [3.05, 3.63) is 59.2 Å². The molecule has 2 aromatic carbocycles. The maximum Gasteiger partial charge on any atom is 0.251 e. The third-order valence-corrected chi connectivity index (χ3v) is 4.71. The van der Waals surface area contributed by atoms with Crippen LogP contribution in [0, 0.1) is 0 Å². The van der Waals surface area contributed by atoms with Gasteiger partial charge in [0.25, 0.3) is 5.91 Å². The van der Waals surface area contributed by atoms with Crippen LogP contribution in [0.5, 0.6) is 11.5 Å². The van der Waals surface area contributed by atoms with E-state index in [4.69, 9.17) is 9.47 Å². The number of nitrogens with one attached hydrogen (secondary N) is 2. The number of amides is 2. The minimum atomic E-state index is -0.358. The summed E-state index contributed by atoms with van der Waals surface area (Å²) in [6.45, 7) is 8.29. The second-order valence-corrected chi connectivity index (χ2v) is 7.91. The van der Waals surface area contributed by atoms with Gasteiger partial charge in [-0.3, -0.25) is 9.59 Å². The Balaban J connectivity index is 1.91. The number of hydrogen-bond donors (Lipinski definition) is 2. The summed E-state index contributed by atoms with van der Waals surface area (Å²) >= 11 is 0. The van der Waals surface area contributed by atoms with Crippen molar-refractivity contribution in [2.45, 2.75) is 39.2 Å². The number of hydrogen-bond acceptors (Lipinski definition) is 4. The normalized spacial score (nSPS) is 12.1. The van der Waals surface area contributed by atoms with Crippen LogP contribution in [-0.2, 0) is 10.2 Å². The second-order valence-electron chi connectivity index (χ2n) is 7.91. The first kappa shape index (κ1) is 22.3. The fraction of sp³-hybridized carbons (Fsp3) is 0.391. The molecule has 2 aromatic rings. The van der Waals surface area contributed by atoms with Crippen molar-refractivity contribution in [3.8, 4) is 11.5 Å². The monoisotopic (exact) mass is 398 g/mol. The standard InChI is InChI=1S/C23H30N2O4/c1-15(16-7-10-18(11-8-16)23(2,3)4)25-21(26)14-24-22(27)17-9-12-19(28-5)20(13-17)29-6/h7-13,15H,14H2,1-6H3,(H,24,27)(H,25,26). The van der Waals surface area contributed by atoms with Crippen LogP contribution in [0.25, 0.3) is 0 Å². The van der Waals surface area contributed by atoms with Gasteiger partial charge >= 0.3 is 0 Å². The highest BCUT2D eigenvalue weighted by Crippen LogP contribution is 2.27. The average molecular weight is 399 g/mol. The van der Waals surface area contributed by atoms with Crippen LogP contribution in [0.1, 0.15) is 55.2 Å². The van der Waals surface area contributed by atoms with Crippen molar-refractivity contribution in [1.82, 2.24) is 10.6 Å². The SMILES string of the molecule is COc1ccc(C(=O)NCC(=O)NC(C)c2ccc(C(C)(C)C)cc2)cc1OC. The van der Waals surface area contributed by atoms with Gasteiger partial charge in [-0.1, -0.05) is 45.0 Å². The summed E-state index contributed by atoms with van der Waals surface area (Å²) in [5.74, 6) is 0.375. The van der Waals surface area contributed by atoms with E-state index in [1.807, 2.05) is 19.1 Å². The molecule has 29 heavy (non-hydrogen) atoms. The summed E-state index contributed by atoms with van der Waals surface area (Å²) in [4.78, 5) is 24.6. The molecule has 0 saturated carbocycles. The van der Waals surface area contributed by atoms with Crippen LogP contribution in [0.4, 0.5) is 0 Å². The Morgan fingerprint density at radius 1 is 0.966 bits per heavy atom. The number of carbonyl (C=O) groups excluding carboxylic acids is 2. The van der Waals surface area contributed by atoms with Gasteiger partial charge in [0.05, 0.1) is 26.8 Å². The van der Waals surface area contributed by atoms with E-state index < -0.39 is 0 Å². The highest BCUT2D eigenvalue weighted by atomic mass is 16.5. The number of benzene rings is 2. The molecule has 0 aromatic heterocycles. The first-order chi connectivity index (χ1) is 13.7. The molecular formula is C23H30N2O4. The topological polar surface area (TPSA) is 76.7 Å². The van der Waals surface area contributed by atoms with Crippen LogP contribution in [0.2, 0.25) is 0 Å². The molecule has 0 saturated heterocycles. The zero-order valence-corrected chi connectivity index (χ0v) is 18.0. The maximum absolute atomic E-state index is 12.3. The molecule has 0 bridgehead atoms. The molecule has 0 aliphatic heterocycles. The van der Waals surface area contributed by atoms with E-state index in [9.17, 15) is 9.59 Å². The zero-order chi connectivity index (χ0) is 21.6. The van der Waals surface area contributed by atoms with Crippen LogP contribution >= 0.6 is 0 Å². The van der Waals surface area contributed by atoms with E-state index in [-0.39, 0.29) is 29.8 Å². The van der Waals surface area contributed by atoms with Gasteiger partial charge in [-0.15, -0.1) is 0 Å². The minimum absolute atomic E-state index is 0.0828. The third-order valence-electron chi connectivity index (χ3n) is 4.71. The first-order valence-electron chi connectivity index (χ1n) is 9.55. The van der Waals surface area contributed by atoms with Crippen molar-refractivity contribution in [2.24, 2.45) is 0 Å². The molecule has 0 heterocycles. The molecule has 2 rings (SSSR count). The molecule has 6 heteroatoms. The Kier molecular flexibility index (Phi) is 7.26. The van der Waals surface area contributed by atoms with Crippen molar-refractivity contribution < 1.29 is 19.1 Å². The molecule has 6 nitrogen and oxygen atoms in total. The largest absolute Gasteiger partial charge is 0.493 e. The van der Waals surface area contributed by atoms with E-state index in [0.717, 1.165) is 5.56 Å². The van der Waals surface area contributed by atoms with Gasteiger partial charge in [0, 0.05) is 5.56 Å². The van der Waals surface area contributed by atoms with E-state index in [1.165, 1.54) is 19.8 Å². The van der Waals surface area contributed by atoms with Crippen LogP contribution in [0.3, 0.4) is 0 Å². The van der Waals surface area contributed by atoms with Gasteiger partial charge in [-0.05, 0) is 41.7 Å². The lowest BCUT2D eigenvalue weighted by molar-refractivity contribution is -0.120. The fourth-order valence-corrected chi connectivity index (χ4v) is 2.89. The van der Waals surface area contributed by atoms with E-state index >= 15 is 0 Å². The average Bonchev–Trinajstić information content (AvgIpc) is 2.70. The molecule has 0 aliphatic carbocycles. The smallest absolute Gasteiger partial charge is 0.251 e. The lowest BCUT2D eigenvalue weighted by Gasteiger charge is -2.20. The highest BCUT2D eigenvalue weighted by Gasteiger charge is 2.16. The van der Waals surface area contributed by atoms with E-state index in [0.29, 0.717) is 17.1 Å². The Morgan fingerprint density at radius 2 is 1.59 bits per heavy atom. The summed E-state index contributed by atoms with van der Waals surface area (Å²) in [5, 5.41) is 5.53. The number of rotatable bonds is 7. The Labute approximate surface area is 172 Å². The number of ether oxygens (including phenoxy) is 2. The molecule has 1 atom stereocenters. The molecule has 0 radical (unpaired) electrons. The van der Waals surface area contributed by atoms with Crippen molar-refractivity contribution in [1.29, 1.82) is 0 Å². The summed E-state index contributed by atoms with van der Waals surface area (Å²) in [5.41, 5.74) is 2.72. The van der Waals surface area contributed by atoms with E-state index in [2.05, 4.69) is 43.5 Å². The van der Waals surface area contributed by atoms with Crippen LogP contribution < -0.4 is 20.1 Å².